The Morgan fingerprint density at radius 2 is 1.89 bits per heavy atom. The van der Waals surface area contributed by atoms with Gasteiger partial charge in [-0.05, 0) is 31.4 Å². The summed E-state index contributed by atoms with van der Waals surface area (Å²) in [5.74, 6) is 0. The number of aliphatic imine (C=N–C) groups is 2. The minimum Gasteiger partial charge on any atom is -0.211 e. The van der Waals surface area contributed by atoms with E-state index in [1.54, 1.807) is 12.2 Å². The van der Waals surface area contributed by atoms with Gasteiger partial charge in [-0.15, -0.1) is 0 Å². The van der Waals surface area contributed by atoms with Crippen LogP contribution in [-0.2, 0) is 15.1 Å². The second kappa shape index (κ2) is 5.09. The highest BCUT2D eigenvalue weighted by Gasteiger charge is 2.37. The van der Waals surface area contributed by atoms with E-state index in [-0.39, 0.29) is 0 Å². The smallest absolute Gasteiger partial charge is 0.211 e. The fraction of sp³-hybridized carbons (Fsp3) is 0.429. The highest BCUT2D eigenvalue weighted by molar-refractivity contribution is 5.58. The molecule has 0 spiro atoms. The summed E-state index contributed by atoms with van der Waals surface area (Å²) in [6.45, 7) is 1.93. The molecule has 4 nitrogen and oxygen atoms in total. The van der Waals surface area contributed by atoms with Crippen LogP contribution >= 0.6 is 0 Å². The van der Waals surface area contributed by atoms with E-state index in [1.165, 1.54) is 0 Å². The van der Waals surface area contributed by atoms with Gasteiger partial charge >= 0.3 is 0 Å². The second-order valence-corrected chi connectivity index (χ2v) is 4.67. The summed E-state index contributed by atoms with van der Waals surface area (Å²) in [7, 11) is 0. The molecule has 1 aliphatic rings. The van der Waals surface area contributed by atoms with E-state index in [1.807, 2.05) is 25.1 Å². The standard InChI is InChI=1S/C14H14N2O2/c1-11-4-5-12(13(8-11)15-9-17)14(16-10-18)6-2-3-7-14/h4-5,8H,2-3,6-7H2,1H3. The molecule has 0 aromatic heterocycles. The molecule has 0 saturated heterocycles. The molecule has 1 aromatic rings. The van der Waals surface area contributed by atoms with Gasteiger partial charge in [-0.2, -0.15) is 9.98 Å². The van der Waals surface area contributed by atoms with Gasteiger partial charge in [0.2, 0.25) is 12.2 Å². The van der Waals surface area contributed by atoms with E-state index in [2.05, 4.69) is 9.98 Å². The van der Waals surface area contributed by atoms with Gasteiger partial charge in [-0.1, -0.05) is 25.0 Å². The Labute approximate surface area is 105 Å². The van der Waals surface area contributed by atoms with Crippen molar-refractivity contribution in [2.45, 2.75) is 38.1 Å². The summed E-state index contributed by atoms with van der Waals surface area (Å²) >= 11 is 0. The van der Waals surface area contributed by atoms with Crippen LogP contribution in [0.25, 0.3) is 0 Å². The molecule has 0 atom stereocenters. The van der Waals surface area contributed by atoms with Crippen LogP contribution in [0.3, 0.4) is 0 Å². The minimum atomic E-state index is -0.550. The molecule has 18 heavy (non-hydrogen) atoms. The first-order valence-corrected chi connectivity index (χ1v) is 6.00. The number of hydrogen-bond acceptors (Lipinski definition) is 4. The third-order valence-corrected chi connectivity index (χ3v) is 3.51. The lowest BCUT2D eigenvalue weighted by atomic mass is 9.87. The quantitative estimate of drug-likeness (QED) is 0.604. The van der Waals surface area contributed by atoms with Gasteiger partial charge < -0.3 is 0 Å². The molecule has 0 unspecified atom stereocenters. The average molecular weight is 242 g/mol. The van der Waals surface area contributed by atoms with Gasteiger partial charge in [0.1, 0.15) is 5.54 Å². The molecule has 1 fully saturated rings. The minimum absolute atomic E-state index is 0.550. The third kappa shape index (κ3) is 2.17. The lowest BCUT2D eigenvalue weighted by molar-refractivity contribution is 0.457. The summed E-state index contributed by atoms with van der Waals surface area (Å²) < 4.78 is 0. The van der Waals surface area contributed by atoms with Crippen molar-refractivity contribution in [1.82, 2.24) is 0 Å². The van der Waals surface area contributed by atoms with Crippen LogP contribution in [0.2, 0.25) is 0 Å². The van der Waals surface area contributed by atoms with Crippen molar-refractivity contribution in [3.63, 3.8) is 0 Å². The SMILES string of the molecule is Cc1ccc(C2(N=C=O)CCCC2)c(N=C=O)c1. The monoisotopic (exact) mass is 242 g/mol. The van der Waals surface area contributed by atoms with Gasteiger partial charge in [-0.3, -0.25) is 0 Å². The van der Waals surface area contributed by atoms with Crippen molar-refractivity contribution >= 4 is 17.8 Å². The lowest BCUT2D eigenvalue weighted by Gasteiger charge is -2.24. The average Bonchev–Trinajstić information content (AvgIpc) is 2.79. The maximum atomic E-state index is 10.7. The van der Waals surface area contributed by atoms with Crippen molar-refractivity contribution in [2.75, 3.05) is 0 Å². The Morgan fingerprint density at radius 1 is 1.17 bits per heavy atom. The number of nitrogens with zero attached hydrogens (tertiary/aromatic N) is 2. The maximum Gasteiger partial charge on any atom is 0.240 e. The van der Waals surface area contributed by atoms with Crippen molar-refractivity contribution in [1.29, 1.82) is 0 Å². The van der Waals surface area contributed by atoms with Crippen LogP contribution in [-0.4, -0.2) is 12.2 Å². The van der Waals surface area contributed by atoms with Crippen molar-refractivity contribution in [2.24, 2.45) is 9.98 Å². The number of hydrogen-bond donors (Lipinski definition) is 0. The first-order chi connectivity index (χ1) is 8.72. The number of benzene rings is 1. The lowest BCUT2D eigenvalue weighted by Crippen LogP contribution is -2.19. The highest BCUT2D eigenvalue weighted by atomic mass is 16.1. The predicted molar refractivity (Wildman–Crippen MR) is 67.2 cm³/mol. The maximum absolute atomic E-state index is 10.7. The second-order valence-electron chi connectivity index (χ2n) is 4.67. The molecule has 1 aliphatic carbocycles. The Bertz CT molecular complexity index is 547. The largest absolute Gasteiger partial charge is 0.240 e. The Morgan fingerprint density at radius 3 is 2.50 bits per heavy atom. The molecule has 2 rings (SSSR count). The van der Waals surface area contributed by atoms with Crippen LogP contribution in [0.5, 0.6) is 0 Å². The van der Waals surface area contributed by atoms with E-state index in [0.29, 0.717) is 5.69 Å². The van der Waals surface area contributed by atoms with E-state index in [9.17, 15) is 9.59 Å². The molecule has 0 radical (unpaired) electrons. The van der Waals surface area contributed by atoms with Crippen LogP contribution in [0.4, 0.5) is 5.69 Å². The molecule has 92 valence electrons. The summed E-state index contributed by atoms with van der Waals surface area (Å²) in [5, 5.41) is 0. The van der Waals surface area contributed by atoms with Gasteiger partial charge in [-0.25, -0.2) is 9.59 Å². The number of carbonyl (C=O) groups excluding carboxylic acids is 2. The summed E-state index contributed by atoms with van der Waals surface area (Å²) in [4.78, 5) is 28.9. The van der Waals surface area contributed by atoms with Gasteiger partial charge in [0.15, 0.2) is 0 Å². The van der Waals surface area contributed by atoms with Crippen LogP contribution in [0.1, 0.15) is 36.8 Å². The van der Waals surface area contributed by atoms with E-state index in [4.69, 9.17) is 0 Å². The molecule has 0 N–H and O–H groups in total. The molecule has 1 saturated carbocycles. The van der Waals surface area contributed by atoms with Gasteiger partial charge in [0, 0.05) is 5.56 Å². The molecule has 0 aliphatic heterocycles. The van der Waals surface area contributed by atoms with Gasteiger partial charge in [0.25, 0.3) is 0 Å². The zero-order valence-electron chi connectivity index (χ0n) is 10.3. The first-order valence-electron chi connectivity index (χ1n) is 6.00. The molecule has 0 bridgehead atoms. The molecule has 0 amide bonds. The molecule has 0 heterocycles. The fourth-order valence-corrected chi connectivity index (χ4v) is 2.67. The fourth-order valence-electron chi connectivity index (χ4n) is 2.67. The number of isocyanates is 2. The zero-order valence-corrected chi connectivity index (χ0v) is 10.3. The van der Waals surface area contributed by atoms with Crippen LogP contribution < -0.4 is 0 Å². The van der Waals surface area contributed by atoms with Crippen LogP contribution in [0.15, 0.2) is 28.2 Å². The number of aryl methyl sites for hydroxylation is 1. The van der Waals surface area contributed by atoms with Crippen molar-refractivity contribution in [3.8, 4) is 0 Å². The van der Waals surface area contributed by atoms with Crippen LogP contribution in [0, 0.1) is 6.92 Å². The molecular formula is C14H14N2O2. The number of rotatable bonds is 3. The molecule has 1 aromatic carbocycles. The first kappa shape index (κ1) is 12.4. The predicted octanol–water partition coefficient (Wildman–Crippen LogP) is 3.07. The van der Waals surface area contributed by atoms with E-state index < -0.39 is 5.54 Å². The zero-order chi connectivity index (χ0) is 13.0. The van der Waals surface area contributed by atoms with E-state index >= 15 is 0 Å². The summed E-state index contributed by atoms with van der Waals surface area (Å²) in [5.41, 5.74) is 1.85. The summed E-state index contributed by atoms with van der Waals surface area (Å²) in [6.07, 6.45) is 6.87. The Hall–Kier alpha value is -2.02. The van der Waals surface area contributed by atoms with Gasteiger partial charge in [0.05, 0.1) is 5.69 Å². The normalized spacial score (nSPS) is 16.7. The Kier molecular flexibility index (Phi) is 3.52. The van der Waals surface area contributed by atoms with E-state index in [0.717, 1.165) is 36.8 Å². The topological polar surface area (TPSA) is 58.9 Å². The summed E-state index contributed by atoms with van der Waals surface area (Å²) in [6, 6.07) is 5.66. The van der Waals surface area contributed by atoms with Crippen molar-refractivity contribution < 1.29 is 9.59 Å². The third-order valence-electron chi connectivity index (χ3n) is 3.51. The highest BCUT2D eigenvalue weighted by Crippen LogP contribution is 2.45. The Balaban J connectivity index is 2.61. The molecular weight excluding hydrogens is 228 g/mol. The molecule has 4 heteroatoms. The van der Waals surface area contributed by atoms with Crippen molar-refractivity contribution in [3.05, 3.63) is 29.3 Å².